The van der Waals surface area contributed by atoms with E-state index in [1.54, 1.807) is 11.8 Å². The Balaban J connectivity index is 1.70. The summed E-state index contributed by atoms with van der Waals surface area (Å²) in [5, 5.41) is 7.85. The third kappa shape index (κ3) is 4.17. The summed E-state index contributed by atoms with van der Waals surface area (Å²) < 4.78 is 7.63. The van der Waals surface area contributed by atoms with Gasteiger partial charge in [0.25, 0.3) is 0 Å². The lowest BCUT2D eigenvalue weighted by Gasteiger charge is -2.16. The standard InChI is InChI=1S/C23H25N3O2S/c1-3-4-14-28-19-12-10-17(11-13-19)22-21-16(2)25-26(18-8-6-5-7-9-18)23(21)24-20(27)15-29-22/h5-13,22H,3-4,14-15H2,1-2H3,(H,24,27). The van der Waals surface area contributed by atoms with Gasteiger partial charge in [0.1, 0.15) is 11.6 Å². The Hall–Kier alpha value is -2.73. The van der Waals surface area contributed by atoms with E-state index in [9.17, 15) is 4.79 Å². The molecule has 0 spiro atoms. The van der Waals surface area contributed by atoms with Gasteiger partial charge in [-0.3, -0.25) is 4.79 Å². The molecule has 0 saturated heterocycles. The number of carbonyl (C=O) groups is 1. The molecule has 4 rings (SSSR count). The van der Waals surface area contributed by atoms with Gasteiger partial charge in [0.05, 0.1) is 29.0 Å². The van der Waals surface area contributed by atoms with Crippen LogP contribution in [-0.2, 0) is 4.79 Å². The van der Waals surface area contributed by atoms with Gasteiger partial charge in [-0.05, 0) is 43.2 Å². The van der Waals surface area contributed by atoms with Crippen LogP contribution in [0.3, 0.4) is 0 Å². The van der Waals surface area contributed by atoms with Crippen molar-refractivity contribution in [3.8, 4) is 11.4 Å². The summed E-state index contributed by atoms with van der Waals surface area (Å²) in [5.41, 5.74) is 4.06. The fourth-order valence-corrected chi connectivity index (χ4v) is 4.66. The fraction of sp³-hybridized carbons (Fsp3) is 0.304. The molecule has 1 unspecified atom stereocenters. The molecule has 150 valence electrons. The van der Waals surface area contributed by atoms with E-state index >= 15 is 0 Å². The van der Waals surface area contributed by atoms with Crippen molar-refractivity contribution in [2.24, 2.45) is 0 Å². The van der Waals surface area contributed by atoms with Gasteiger partial charge in [0.15, 0.2) is 0 Å². The number of ether oxygens (including phenoxy) is 1. The van der Waals surface area contributed by atoms with E-state index in [0.717, 1.165) is 53.5 Å². The summed E-state index contributed by atoms with van der Waals surface area (Å²) in [4.78, 5) is 12.4. The minimum Gasteiger partial charge on any atom is -0.494 e. The highest BCUT2D eigenvalue weighted by molar-refractivity contribution is 8.00. The molecule has 1 amide bonds. The third-order valence-corrected chi connectivity index (χ3v) is 6.23. The molecule has 29 heavy (non-hydrogen) atoms. The van der Waals surface area contributed by atoms with Crippen LogP contribution < -0.4 is 10.1 Å². The molecular weight excluding hydrogens is 382 g/mol. The second-order valence-electron chi connectivity index (χ2n) is 7.11. The average molecular weight is 408 g/mol. The predicted molar refractivity (Wildman–Crippen MR) is 118 cm³/mol. The van der Waals surface area contributed by atoms with Crippen molar-refractivity contribution in [2.45, 2.75) is 31.9 Å². The number of fused-ring (bicyclic) bond motifs is 1. The SMILES string of the molecule is CCCCOc1ccc(C2SCC(=O)Nc3c2c(C)nn3-c2ccccc2)cc1. The maximum Gasteiger partial charge on any atom is 0.235 e. The Kier molecular flexibility index (Phi) is 5.90. The first-order valence-corrected chi connectivity index (χ1v) is 11.0. The Morgan fingerprint density at radius 3 is 2.66 bits per heavy atom. The molecule has 1 atom stereocenters. The number of rotatable bonds is 6. The number of hydrogen-bond donors (Lipinski definition) is 1. The zero-order chi connectivity index (χ0) is 20.2. The van der Waals surface area contributed by atoms with Gasteiger partial charge in [0.2, 0.25) is 5.91 Å². The first kappa shape index (κ1) is 19.6. The number of para-hydroxylation sites is 1. The molecule has 0 radical (unpaired) electrons. The summed E-state index contributed by atoms with van der Waals surface area (Å²) in [6.45, 7) is 4.89. The molecule has 1 N–H and O–H groups in total. The third-order valence-electron chi connectivity index (χ3n) is 4.96. The average Bonchev–Trinajstić information content (AvgIpc) is 2.95. The van der Waals surface area contributed by atoms with Crippen LogP contribution in [0.25, 0.3) is 5.69 Å². The number of anilines is 1. The van der Waals surface area contributed by atoms with Crippen LogP contribution in [0, 0.1) is 6.92 Å². The first-order valence-electron chi connectivity index (χ1n) is 9.96. The summed E-state index contributed by atoms with van der Waals surface area (Å²) in [6.07, 6.45) is 2.17. The molecule has 0 fully saturated rings. The molecule has 1 aromatic heterocycles. The van der Waals surface area contributed by atoms with Crippen molar-refractivity contribution in [1.82, 2.24) is 9.78 Å². The number of unbranched alkanes of at least 4 members (excludes halogenated alkanes) is 1. The number of nitrogens with one attached hydrogen (secondary N) is 1. The molecule has 3 aromatic rings. The van der Waals surface area contributed by atoms with E-state index in [1.807, 2.05) is 54.1 Å². The van der Waals surface area contributed by atoms with Crippen LogP contribution in [0.1, 0.15) is 41.8 Å². The minimum absolute atomic E-state index is 0.00431. The van der Waals surface area contributed by atoms with Crippen LogP contribution in [-0.4, -0.2) is 28.0 Å². The first-order chi connectivity index (χ1) is 14.2. The summed E-state index contributed by atoms with van der Waals surface area (Å²) in [7, 11) is 0. The Bertz CT molecular complexity index is 983. The maximum absolute atomic E-state index is 12.4. The van der Waals surface area contributed by atoms with Crippen molar-refractivity contribution in [3.05, 3.63) is 71.4 Å². The topological polar surface area (TPSA) is 56.1 Å². The Morgan fingerprint density at radius 1 is 1.17 bits per heavy atom. The number of aromatic nitrogens is 2. The molecule has 1 aliphatic rings. The van der Waals surface area contributed by atoms with Crippen LogP contribution >= 0.6 is 11.8 Å². The number of aryl methyl sites for hydroxylation is 1. The molecule has 1 aliphatic heterocycles. The van der Waals surface area contributed by atoms with Gasteiger partial charge in [-0.1, -0.05) is 43.7 Å². The quantitative estimate of drug-likeness (QED) is 0.575. The van der Waals surface area contributed by atoms with E-state index < -0.39 is 0 Å². The minimum atomic E-state index is -0.00431. The molecular formula is C23H25N3O2S. The van der Waals surface area contributed by atoms with Gasteiger partial charge in [0, 0.05) is 5.56 Å². The van der Waals surface area contributed by atoms with Crippen LogP contribution in [0.2, 0.25) is 0 Å². The normalized spacial score (nSPS) is 16.1. The number of carbonyl (C=O) groups excluding carboxylic acids is 1. The van der Waals surface area contributed by atoms with E-state index in [0.29, 0.717) is 5.75 Å². The molecule has 6 heteroatoms. The smallest absolute Gasteiger partial charge is 0.235 e. The van der Waals surface area contributed by atoms with Crippen LogP contribution in [0.5, 0.6) is 5.75 Å². The van der Waals surface area contributed by atoms with Crippen molar-refractivity contribution in [1.29, 1.82) is 0 Å². The van der Waals surface area contributed by atoms with Gasteiger partial charge in [-0.2, -0.15) is 5.10 Å². The summed E-state index contributed by atoms with van der Waals surface area (Å²) >= 11 is 1.63. The van der Waals surface area contributed by atoms with Gasteiger partial charge in [-0.15, -0.1) is 11.8 Å². The fourth-order valence-electron chi connectivity index (χ4n) is 3.48. The van der Waals surface area contributed by atoms with Crippen molar-refractivity contribution in [2.75, 3.05) is 17.7 Å². The summed E-state index contributed by atoms with van der Waals surface area (Å²) in [5.74, 6) is 2.04. The number of nitrogens with zero attached hydrogens (tertiary/aromatic N) is 2. The van der Waals surface area contributed by atoms with Crippen LogP contribution in [0.15, 0.2) is 54.6 Å². The molecule has 0 bridgehead atoms. The van der Waals surface area contributed by atoms with E-state index in [2.05, 4.69) is 24.4 Å². The van der Waals surface area contributed by atoms with Crippen molar-refractivity contribution >= 4 is 23.5 Å². The largest absolute Gasteiger partial charge is 0.494 e. The maximum atomic E-state index is 12.4. The highest BCUT2D eigenvalue weighted by atomic mass is 32.2. The van der Waals surface area contributed by atoms with Crippen LogP contribution in [0.4, 0.5) is 5.82 Å². The Morgan fingerprint density at radius 2 is 1.93 bits per heavy atom. The number of amides is 1. The lowest BCUT2D eigenvalue weighted by atomic mass is 10.0. The van der Waals surface area contributed by atoms with E-state index in [4.69, 9.17) is 9.84 Å². The second-order valence-corrected chi connectivity index (χ2v) is 8.20. The van der Waals surface area contributed by atoms with Crippen molar-refractivity contribution < 1.29 is 9.53 Å². The lowest BCUT2D eigenvalue weighted by Crippen LogP contribution is -2.15. The Labute approximate surface area is 175 Å². The molecule has 5 nitrogen and oxygen atoms in total. The highest BCUT2D eigenvalue weighted by Gasteiger charge is 2.30. The van der Waals surface area contributed by atoms with Gasteiger partial charge in [-0.25, -0.2) is 4.68 Å². The zero-order valence-corrected chi connectivity index (χ0v) is 17.5. The molecule has 2 aromatic carbocycles. The number of benzene rings is 2. The number of hydrogen-bond acceptors (Lipinski definition) is 4. The molecule has 2 heterocycles. The van der Waals surface area contributed by atoms with Gasteiger partial charge < -0.3 is 10.1 Å². The molecule has 0 aliphatic carbocycles. The second kappa shape index (κ2) is 8.74. The number of thioether (sulfide) groups is 1. The predicted octanol–water partition coefficient (Wildman–Crippen LogP) is 5.13. The van der Waals surface area contributed by atoms with E-state index in [1.165, 1.54) is 0 Å². The molecule has 0 saturated carbocycles. The highest BCUT2D eigenvalue weighted by Crippen LogP contribution is 2.44. The van der Waals surface area contributed by atoms with Gasteiger partial charge >= 0.3 is 0 Å². The lowest BCUT2D eigenvalue weighted by molar-refractivity contribution is -0.113. The summed E-state index contributed by atoms with van der Waals surface area (Å²) in [6, 6.07) is 18.1. The van der Waals surface area contributed by atoms with Crippen molar-refractivity contribution in [3.63, 3.8) is 0 Å². The monoisotopic (exact) mass is 407 g/mol. The van der Waals surface area contributed by atoms with E-state index in [-0.39, 0.29) is 11.2 Å². The zero-order valence-electron chi connectivity index (χ0n) is 16.7.